The van der Waals surface area contributed by atoms with Gasteiger partial charge in [-0.25, -0.2) is 4.98 Å². The standard InChI is InChI=1S/C23H26N4O3S/c1-23(5-6-23)22(29)24-11-16-8-15-9-18(20(28)4-7-27(2)3)21(10-19(15)26-16)30-12-17-13-31-14-25-17/h4,7-10,13-14,26H,5-6,11-12H2,1-3H3,(H,24,29)/b7-4+. The summed E-state index contributed by atoms with van der Waals surface area (Å²) in [6, 6.07) is 5.63. The molecule has 0 atom stereocenters. The number of hydrogen-bond donors (Lipinski definition) is 2. The third-order valence-corrected chi connectivity index (χ3v) is 6.05. The molecule has 2 heterocycles. The van der Waals surface area contributed by atoms with Crippen LogP contribution >= 0.6 is 11.3 Å². The van der Waals surface area contributed by atoms with E-state index >= 15 is 0 Å². The molecule has 31 heavy (non-hydrogen) atoms. The highest BCUT2D eigenvalue weighted by Crippen LogP contribution is 2.45. The Morgan fingerprint density at radius 1 is 1.32 bits per heavy atom. The van der Waals surface area contributed by atoms with Crippen LogP contribution in [0.2, 0.25) is 0 Å². The highest BCUT2D eigenvalue weighted by atomic mass is 32.1. The first-order valence-corrected chi connectivity index (χ1v) is 11.1. The average Bonchev–Trinajstić information content (AvgIpc) is 3.15. The summed E-state index contributed by atoms with van der Waals surface area (Å²) in [5.41, 5.74) is 4.58. The second-order valence-electron chi connectivity index (χ2n) is 8.39. The maximum atomic E-state index is 12.8. The number of ether oxygens (including phenoxy) is 1. The molecule has 1 fully saturated rings. The van der Waals surface area contributed by atoms with Gasteiger partial charge in [-0.2, -0.15) is 0 Å². The minimum absolute atomic E-state index is 0.0862. The van der Waals surface area contributed by atoms with E-state index in [9.17, 15) is 9.59 Å². The minimum atomic E-state index is -0.207. The van der Waals surface area contributed by atoms with Gasteiger partial charge in [0, 0.05) is 59.8 Å². The Balaban J connectivity index is 1.59. The fourth-order valence-electron chi connectivity index (χ4n) is 3.20. The number of nitrogens with zero attached hydrogens (tertiary/aromatic N) is 2. The molecule has 4 rings (SSSR count). The van der Waals surface area contributed by atoms with Crippen LogP contribution in [0.3, 0.4) is 0 Å². The van der Waals surface area contributed by atoms with Gasteiger partial charge in [0.15, 0.2) is 5.78 Å². The molecule has 8 heteroatoms. The number of benzene rings is 1. The van der Waals surface area contributed by atoms with Gasteiger partial charge in [0.1, 0.15) is 12.4 Å². The zero-order valence-electron chi connectivity index (χ0n) is 17.9. The molecular weight excluding hydrogens is 412 g/mol. The molecule has 7 nitrogen and oxygen atoms in total. The fourth-order valence-corrected chi connectivity index (χ4v) is 3.74. The zero-order chi connectivity index (χ0) is 22.0. The van der Waals surface area contributed by atoms with E-state index in [-0.39, 0.29) is 23.7 Å². The van der Waals surface area contributed by atoms with Gasteiger partial charge >= 0.3 is 0 Å². The Kier molecular flexibility index (Phi) is 5.82. The minimum Gasteiger partial charge on any atom is -0.486 e. The molecule has 0 aliphatic heterocycles. The molecule has 2 N–H and O–H groups in total. The van der Waals surface area contributed by atoms with Crippen molar-refractivity contribution in [2.24, 2.45) is 5.41 Å². The van der Waals surface area contributed by atoms with E-state index in [0.29, 0.717) is 17.9 Å². The van der Waals surface area contributed by atoms with E-state index in [1.165, 1.54) is 17.4 Å². The second-order valence-corrected chi connectivity index (χ2v) is 9.10. The maximum absolute atomic E-state index is 12.8. The SMILES string of the molecule is CN(C)/C=C/C(=O)c1cc2cc(CNC(=O)C3(C)CC3)[nH]c2cc1OCc1cscn1. The lowest BCUT2D eigenvalue weighted by Gasteiger charge is -2.10. The van der Waals surface area contributed by atoms with E-state index in [4.69, 9.17) is 4.74 Å². The summed E-state index contributed by atoms with van der Waals surface area (Å²) in [5, 5.41) is 5.81. The molecule has 0 saturated heterocycles. The number of hydrogen-bond acceptors (Lipinski definition) is 6. The summed E-state index contributed by atoms with van der Waals surface area (Å²) in [6.07, 6.45) is 5.13. The Hall–Kier alpha value is -3.13. The highest BCUT2D eigenvalue weighted by molar-refractivity contribution is 7.07. The fraction of sp³-hybridized carbons (Fsp3) is 0.348. The lowest BCUT2D eigenvalue weighted by Crippen LogP contribution is -2.29. The number of aromatic amines is 1. The topological polar surface area (TPSA) is 87.3 Å². The molecular formula is C23H26N4O3S. The summed E-state index contributed by atoms with van der Waals surface area (Å²) < 4.78 is 5.96. The van der Waals surface area contributed by atoms with Gasteiger partial charge < -0.3 is 19.9 Å². The van der Waals surface area contributed by atoms with E-state index in [0.717, 1.165) is 35.1 Å². The van der Waals surface area contributed by atoms with Crippen LogP contribution in [0.4, 0.5) is 0 Å². The van der Waals surface area contributed by atoms with Crippen LogP contribution in [0.25, 0.3) is 10.9 Å². The number of carbonyl (C=O) groups excluding carboxylic acids is 2. The smallest absolute Gasteiger partial charge is 0.226 e. The first-order chi connectivity index (χ1) is 14.8. The molecule has 1 aromatic carbocycles. The van der Waals surface area contributed by atoms with Crippen LogP contribution in [0, 0.1) is 5.41 Å². The number of fused-ring (bicyclic) bond motifs is 1. The van der Waals surface area contributed by atoms with Crippen molar-refractivity contribution < 1.29 is 14.3 Å². The van der Waals surface area contributed by atoms with Gasteiger partial charge in [-0.1, -0.05) is 6.92 Å². The number of allylic oxidation sites excluding steroid dienone is 1. The Morgan fingerprint density at radius 3 is 2.81 bits per heavy atom. The van der Waals surface area contributed by atoms with Crippen molar-refractivity contribution in [1.82, 2.24) is 20.2 Å². The van der Waals surface area contributed by atoms with Crippen molar-refractivity contribution in [3.05, 3.63) is 58.3 Å². The Bertz CT molecular complexity index is 1130. The van der Waals surface area contributed by atoms with Crippen molar-refractivity contribution in [2.75, 3.05) is 14.1 Å². The summed E-state index contributed by atoms with van der Waals surface area (Å²) in [7, 11) is 3.73. The number of nitrogens with one attached hydrogen (secondary N) is 2. The quantitative estimate of drug-likeness (QED) is 0.391. The van der Waals surface area contributed by atoms with Gasteiger partial charge in [0.05, 0.1) is 23.3 Å². The predicted molar refractivity (Wildman–Crippen MR) is 121 cm³/mol. The van der Waals surface area contributed by atoms with Crippen LogP contribution in [-0.2, 0) is 17.9 Å². The number of H-pyrrole nitrogens is 1. The molecule has 1 aliphatic carbocycles. The number of rotatable bonds is 9. The number of carbonyl (C=O) groups is 2. The van der Waals surface area contributed by atoms with Gasteiger partial charge in [-0.05, 0) is 25.0 Å². The number of ketones is 1. The maximum Gasteiger partial charge on any atom is 0.226 e. The third kappa shape index (κ3) is 4.96. The summed E-state index contributed by atoms with van der Waals surface area (Å²) in [4.78, 5) is 34.4. The Morgan fingerprint density at radius 2 is 2.13 bits per heavy atom. The predicted octanol–water partition coefficient (Wildman–Crippen LogP) is 3.88. The van der Waals surface area contributed by atoms with E-state index in [1.54, 1.807) is 11.7 Å². The molecule has 1 aliphatic rings. The molecule has 2 aromatic heterocycles. The first kappa shape index (κ1) is 21.1. The lowest BCUT2D eigenvalue weighted by atomic mass is 10.1. The van der Waals surface area contributed by atoms with Crippen LogP contribution < -0.4 is 10.1 Å². The molecule has 0 radical (unpaired) electrons. The average molecular weight is 439 g/mol. The molecule has 0 bridgehead atoms. The van der Waals surface area contributed by atoms with E-state index in [2.05, 4.69) is 15.3 Å². The van der Waals surface area contributed by atoms with Crippen LogP contribution in [-0.4, -0.2) is 40.7 Å². The Labute approximate surface area is 185 Å². The van der Waals surface area contributed by atoms with Crippen molar-refractivity contribution in [3.8, 4) is 5.75 Å². The van der Waals surface area contributed by atoms with Crippen LogP contribution in [0.5, 0.6) is 5.75 Å². The monoisotopic (exact) mass is 438 g/mol. The van der Waals surface area contributed by atoms with Crippen molar-refractivity contribution in [1.29, 1.82) is 0 Å². The van der Waals surface area contributed by atoms with Gasteiger partial charge in [0.25, 0.3) is 0 Å². The number of aromatic nitrogens is 2. The lowest BCUT2D eigenvalue weighted by molar-refractivity contribution is -0.125. The van der Waals surface area contributed by atoms with E-state index < -0.39 is 0 Å². The van der Waals surface area contributed by atoms with Gasteiger partial charge in [0.2, 0.25) is 5.91 Å². The molecule has 162 valence electrons. The zero-order valence-corrected chi connectivity index (χ0v) is 18.7. The van der Waals surface area contributed by atoms with E-state index in [1.807, 2.05) is 49.5 Å². The van der Waals surface area contributed by atoms with Gasteiger partial charge in [-0.15, -0.1) is 11.3 Å². The van der Waals surface area contributed by atoms with Crippen molar-refractivity contribution >= 4 is 33.9 Å². The normalized spacial score (nSPS) is 14.7. The van der Waals surface area contributed by atoms with Crippen molar-refractivity contribution in [2.45, 2.75) is 32.9 Å². The number of thiazole rings is 1. The molecule has 1 amide bonds. The molecule has 3 aromatic rings. The van der Waals surface area contributed by atoms with Crippen molar-refractivity contribution in [3.63, 3.8) is 0 Å². The van der Waals surface area contributed by atoms with Crippen LogP contribution in [0.1, 0.15) is 41.5 Å². The molecule has 0 unspecified atom stereocenters. The molecule has 1 saturated carbocycles. The molecule has 0 spiro atoms. The highest BCUT2D eigenvalue weighted by Gasteiger charge is 2.44. The second kappa shape index (κ2) is 8.55. The largest absolute Gasteiger partial charge is 0.486 e. The first-order valence-electron chi connectivity index (χ1n) is 10.2. The summed E-state index contributed by atoms with van der Waals surface area (Å²) >= 11 is 1.50. The summed E-state index contributed by atoms with van der Waals surface area (Å²) in [5.74, 6) is 0.446. The third-order valence-electron chi connectivity index (χ3n) is 5.41. The van der Waals surface area contributed by atoms with Gasteiger partial charge in [-0.3, -0.25) is 9.59 Å². The number of amides is 1. The summed E-state index contributed by atoms with van der Waals surface area (Å²) in [6.45, 7) is 2.69. The van der Waals surface area contributed by atoms with Crippen LogP contribution in [0.15, 0.2) is 41.4 Å².